The Bertz CT molecular complexity index is 896. The Labute approximate surface area is 137 Å². The van der Waals surface area contributed by atoms with Crippen molar-refractivity contribution in [3.63, 3.8) is 0 Å². The number of aromatic amines is 2. The second-order valence-corrected chi connectivity index (χ2v) is 6.22. The van der Waals surface area contributed by atoms with Crippen LogP contribution >= 0.6 is 12.2 Å². The zero-order chi connectivity index (χ0) is 15.8. The van der Waals surface area contributed by atoms with Gasteiger partial charge in [-0.2, -0.15) is 5.10 Å². The third kappa shape index (κ3) is 2.68. The first-order valence-corrected chi connectivity index (χ1v) is 8.02. The van der Waals surface area contributed by atoms with Crippen LogP contribution < -0.4 is 0 Å². The standard InChI is InChI=1S/C16H16N4O2S/c21-15(10-3-4-13-14(6-10)22-16(23)19-13)20-5-1-2-11(9-20)12-7-17-18-8-12/h3-4,6-8,11H,1-2,5,9H2,(H,17,18)(H,19,23)/t11-/m1/s1. The summed E-state index contributed by atoms with van der Waals surface area (Å²) in [6.45, 7) is 1.49. The van der Waals surface area contributed by atoms with Gasteiger partial charge in [-0.1, -0.05) is 0 Å². The van der Waals surface area contributed by atoms with E-state index in [0.29, 0.717) is 28.4 Å². The van der Waals surface area contributed by atoms with E-state index in [4.69, 9.17) is 16.6 Å². The minimum Gasteiger partial charge on any atom is -0.429 e. The number of hydrogen-bond donors (Lipinski definition) is 2. The van der Waals surface area contributed by atoms with E-state index in [1.807, 2.05) is 29.4 Å². The summed E-state index contributed by atoms with van der Waals surface area (Å²) < 4.78 is 5.40. The number of aromatic nitrogens is 3. The largest absolute Gasteiger partial charge is 0.429 e. The molecule has 1 atom stereocenters. The second kappa shape index (κ2) is 5.66. The number of nitrogens with zero attached hydrogens (tertiary/aromatic N) is 2. The fourth-order valence-electron chi connectivity index (χ4n) is 3.18. The average molecular weight is 328 g/mol. The zero-order valence-electron chi connectivity index (χ0n) is 12.4. The van der Waals surface area contributed by atoms with Gasteiger partial charge in [0.25, 0.3) is 10.7 Å². The lowest BCUT2D eigenvalue weighted by Gasteiger charge is -2.32. The number of carbonyl (C=O) groups is 1. The number of nitrogens with one attached hydrogen (secondary N) is 2. The molecule has 118 valence electrons. The molecule has 23 heavy (non-hydrogen) atoms. The second-order valence-electron chi connectivity index (χ2n) is 5.85. The van der Waals surface area contributed by atoms with E-state index in [2.05, 4.69) is 15.2 Å². The van der Waals surface area contributed by atoms with Gasteiger partial charge in [-0.05, 0) is 48.8 Å². The summed E-state index contributed by atoms with van der Waals surface area (Å²) in [5, 5.41) is 6.85. The Morgan fingerprint density at radius 3 is 3.17 bits per heavy atom. The molecule has 0 aliphatic carbocycles. The van der Waals surface area contributed by atoms with Crippen molar-refractivity contribution >= 4 is 29.2 Å². The summed E-state index contributed by atoms with van der Waals surface area (Å²) in [5.74, 6) is 0.369. The third-order valence-electron chi connectivity index (χ3n) is 4.37. The van der Waals surface area contributed by atoms with Crippen molar-refractivity contribution in [3.8, 4) is 0 Å². The number of oxazole rings is 1. The first-order chi connectivity index (χ1) is 11.2. The molecule has 3 aromatic rings. The van der Waals surface area contributed by atoms with Crippen LogP contribution in [0, 0.1) is 4.84 Å². The zero-order valence-corrected chi connectivity index (χ0v) is 13.2. The number of hydrogen-bond acceptors (Lipinski definition) is 4. The van der Waals surface area contributed by atoms with Crippen molar-refractivity contribution in [1.82, 2.24) is 20.1 Å². The molecule has 2 aromatic heterocycles. The van der Waals surface area contributed by atoms with Crippen molar-refractivity contribution in [2.24, 2.45) is 0 Å². The highest BCUT2D eigenvalue weighted by Gasteiger charge is 2.26. The molecule has 0 spiro atoms. The molecule has 0 radical (unpaired) electrons. The number of H-pyrrole nitrogens is 2. The quantitative estimate of drug-likeness (QED) is 0.708. The average Bonchev–Trinajstić information content (AvgIpc) is 3.22. The molecule has 1 amide bonds. The van der Waals surface area contributed by atoms with Crippen molar-refractivity contribution in [2.45, 2.75) is 18.8 Å². The van der Waals surface area contributed by atoms with Crippen LogP contribution in [-0.2, 0) is 0 Å². The lowest BCUT2D eigenvalue weighted by Crippen LogP contribution is -2.39. The van der Waals surface area contributed by atoms with Gasteiger partial charge in [-0.15, -0.1) is 0 Å². The maximum absolute atomic E-state index is 12.8. The van der Waals surface area contributed by atoms with Crippen LogP contribution in [0.25, 0.3) is 11.1 Å². The Balaban J connectivity index is 1.58. The molecule has 7 heteroatoms. The van der Waals surface area contributed by atoms with Gasteiger partial charge in [-0.25, -0.2) is 0 Å². The van der Waals surface area contributed by atoms with E-state index in [9.17, 15) is 4.79 Å². The number of rotatable bonds is 2. The van der Waals surface area contributed by atoms with Crippen LogP contribution in [0.4, 0.5) is 0 Å². The van der Waals surface area contributed by atoms with Gasteiger partial charge in [0, 0.05) is 30.8 Å². The molecule has 1 aliphatic heterocycles. The number of benzene rings is 1. The maximum Gasteiger partial charge on any atom is 0.266 e. The predicted octanol–water partition coefficient (Wildman–Crippen LogP) is 3.23. The number of carbonyl (C=O) groups excluding carboxylic acids is 1. The smallest absolute Gasteiger partial charge is 0.266 e. The van der Waals surface area contributed by atoms with E-state index in [-0.39, 0.29) is 5.91 Å². The van der Waals surface area contributed by atoms with Gasteiger partial charge < -0.3 is 14.3 Å². The molecule has 2 N–H and O–H groups in total. The summed E-state index contributed by atoms with van der Waals surface area (Å²) >= 11 is 4.98. The van der Waals surface area contributed by atoms with Gasteiger partial charge in [0.15, 0.2) is 5.58 Å². The highest BCUT2D eigenvalue weighted by molar-refractivity contribution is 7.71. The number of piperidine rings is 1. The molecule has 4 rings (SSSR count). The lowest BCUT2D eigenvalue weighted by molar-refractivity contribution is 0.0707. The summed E-state index contributed by atoms with van der Waals surface area (Å²) in [7, 11) is 0. The summed E-state index contributed by atoms with van der Waals surface area (Å²) in [6, 6.07) is 5.40. The van der Waals surface area contributed by atoms with Gasteiger partial charge in [0.1, 0.15) is 0 Å². The normalized spacial score (nSPS) is 18.4. The highest BCUT2D eigenvalue weighted by atomic mass is 32.1. The van der Waals surface area contributed by atoms with E-state index >= 15 is 0 Å². The molecule has 3 heterocycles. The van der Waals surface area contributed by atoms with Crippen molar-refractivity contribution in [1.29, 1.82) is 0 Å². The van der Waals surface area contributed by atoms with Crippen LogP contribution in [0.1, 0.15) is 34.7 Å². The van der Waals surface area contributed by atoms with E-state index in [1.165, 1.54) is 0 Å². The maximum atomic E-state index is 12.8. The molecule has 1 fully saturated rings. The number of fused-ring (bicyclic) bond motifs is 1. The van der Waals surface area contributed by atoms with Crippen LogP contribution in [0.2, 0.25) is 0 Å². The molecule has 1 saturated heterocycles. The topological polar surface area (TPSA) is 77.9 Å². The third-order valence-corrected chi connectivity index (χ3v) is 4.55. The molecular formula is C16H16N4O2S. The van der Waals surface area contributed by atoms with Gasteiger partial charge in [0.05, 0.1) is 11.7 Å². The van der Waals surface area contributed by atoms with Gasteiger partial charge in [-0.3, -0.25) is 9.89 Å². The highest BCUT2D eigenvalue weighted by Crippen LogP contribution is 2.27. The first kappa shape index (κ1) is 14.2. The number of likely N-dealkylation sites (tertiary alicyclic amines) is 1. The molecule has 1 aliphatic rings. The van der Waals surface area contributed by atoms with Gasteiger partial charge >= 0.3 is 0 Å². The Hall–Kier alpha value is -2.41. The monoisotopic (exact) mass is 328 g/mol. The summed E-state index contributed by atoms with van der Waals surface area (Å²) in [4.78, 5) is 18.0. The SMILES string of the molecule is O=C(c1ccc2[nH]c(=S)oc2c1)N1CCC[C@@H](c2cn[nH]c2)C1. The van der Waals surface area contributed by atoms with Crippen molar-refractivity contribution in [3.05, 3.63) is 46.6 Å². The number of amides is 1. The van der Waals surface area contributed by atoms with Crippen LogP contribution in [0.5, 0.6) is 0 Å². The van der Waals surface area contributed by atoms with Crippen molar-refractivity contribution < 1.29 is 9.21 Å². The first-order valence-electron chi connectivity index (χ1n) is 7.61. The van der Waals surface area contributed by atoms with E-state index < -0.39 is 0 Å². The van der Waals surface area contributed by atoms with E-state index in [1.54, 1.807) is 6.07 Å². The molecule has 0 bridgehead atoms. The minimum atomic E-state index is 0.0300. The van der Waals surface area contributed by atoms with Crippen LogP contribution in [0.3, 0.4) is 0 Å². The fourth-order valence-corrected chi connectivity index (χ4v) is 3.38. The van der Waals surface area contributed by atoms with Crippen LogP contribution in [-0.4, -0.2) is 39.1 Å². The predicted molar refractivity (Wildman–Crippen MR) is 87.9 cm³/mol. The summed E-state index contributed by atoms with van der Waals surface area (Å²) in [5.41, 5.74) is 3.21. The van der Waals surface area contributed by atoms with Gasteiger partial charge in [0.2, 0.25) is 0 Å². The summed E-state index contributed by atoms with van der Waals surface area (Å²) in [6.07, 6.45) is 5.83. The molecule has 1 aromatic carbocycles. The lowest BCUT2D eigenvalue weighted by atomic mass is 9.92. The molecule has 6 nitrogen and oxygen atoms in total. The van der Waals surface area contributed by atoms with Crippen LogP contribution in [0.15, 0.2) is 35.0 Å². The Morgan fingerprint density at radius 1 is 1.43 bits per heavy atom. The minimum absolute atomic E-state index is 0.0300. The van der Waals surface area contributed by atoms with Crippen molar-refractivity contribution in [2.75, 3.05) is 13.1 Å². The Morgan fingerprint density at radius 2 is 2.35 bits per heavy atom. The Kier molecular flexibility index (Phi) is 3.49. The molecule has 0 unspecified atom stereocenters. The van der Waals surface area contributed by atoms with E-state index in [0.717, 1.165) is 30.5 Å². The molecule has 0 saturated carbocycles. The fraction of sp³-hybridized carbons (Fsp3) is 0.312. The molecular weight excluding hydrogens is 312 g/mol.